The van der Waals surface area contributed by atoms with Crippen LogP contribution in [0.3, 0.4) is 0 Å². The highest BCUT2D eigenvalue weighted by molar-refractivity contribution is 14.1. The van der Waals surface area contributed by atoms with Gasteiger partial charge >= 0.3 is 0 Å². The Bertz CT molecular complexity index is 711. The van der Waals surface area contributed by atoms with Gasteiger partial charge in [-0.25, -0.2) is 4.99 Å². The molecule has 0 unspecified atom stereocenters. The zero-order valence-electron chi connectivity index (χ0n) is 17.0. The quantitative estimate of drug-likeness (QED) is 0.241. The Morgan fingerprint density at radius 3 is 2.93 bits per heavy atom. The van der Waals surface area contributed by atoms with Crippen molar-refractivity contribution in [1.29, 1.82) is 0 Å². The van der Waals surface area contributed by atoms with E-state index < -0.39 is 0 Å². The molecule has 5 nitrogen and oxygen atoms in total. The first kappa shape index (κ1) is 21.9. The third-order valence-corrected chi connectivity index (χ3v) is 7.91. The molecular formula is C21H31IN4OS. The number of aliphatic imine (C=N–C) groups is 1. The highest BCUT2D eigenvalue weighted by Crippen LogP contribution is 2.38. The van der Waals surface area contributed by atoms with Crippen LogP contribution in [0.5, 0.6) is 0 Å². The Morgan fingerprint density at radius 2 is 2.18 bits per heavy atom. The Morgan fingerprint density at radius 1 is 1.36 bits per heavy atom. The van der Waals surface area contributed by atoms with E-state index >= 15 is 0 Å². The van der Waals surface area contributed by atoms with Gasteiger partial charge in [0, 0.05) is 55.5 Å². The fourth-order valence-electron chi connectivity index (χ4n) is 3.50. The van der Waals surface area contributed by atoms with E-state index in [2.05, 4.69) is 75.9 Å². The highest BCUT2D eigenvalue weighted by Gasteiger charge is 2.24. The molecule has 0 amide bonds. The van der Waals surface area contributed by atoms with Crippen molar-refractivity contribution in [2.24, 2.45) is 10.9 Å². The number of allylic oxidation sites excluding steroid dienone is 1. The Labute approximate surface area is 187 Å². The Balaban J connectivity index is 1.67. The lowest BCUT2D eigenvalue weighted by atomic mass is 10.1. The first-order chi connectivity index (χ1) is 13.6. The predicted octanol–water partition coefficient (Wildman–Crippen LogP) is 4.44. The van der Waals surface area contributed by atoms with Crippen molar-refractivity contribution in [3.63, 3.8) is 0 Å². The summed E-state index contributed by atoms with van der Waals surface area (Å²) in [6, 6.07) is 8.85. The van der Waals surface area contributed by atoms with Crippen LogP contribution in [0.15, 0.2) is 39.9 Å². The average Bonchev–Trinajstić information content (AvgIpc) is 3.06. The van der Waals surface area contributed by atoms with Crippen LogP contribution < -0.4 is 5.32 Å². The molecule has 154 valence electrons. The molecule has 1 N–H and O–H groups in total. The van der Waals surface area contributed by atoms with E-state index in [0.717, 1.165) is 44.0 Å². The summed E-state index contributed by atoms with van der Waals surface area (Å²) >= 11 is 4.41. The summed E-state index contributed by atoms with van der Waals surface area (Å²) in [7, 11) is 3.97. The number of nitrogens with zero attached hydrogens (tertiary/aromatic N) is 3. The molecule has 2 aliphatic rings. The number of anilines is 1. The van der Waals surface area contributed by atoms with E-state index in [0.29, 0.717) is 12.0 Å². The van der Waals surface area contributed by atoms with Gasteiger partial charge in [-0.3, -0.25) is 4.90 Å². The molecule has 1 aromatic carbocycles. The molecule has 2 heterocycles. The first-order valence-electron chi connectivity index (χ1n) is 9.85. The Hall–Kier alpha value is -0.770. The van der Waals surface area contributed by atoms with Gasteiger partial charge in [-0.1, -0.05) is 34.7 Å². The number of ether oxygens (including phenoxy) is 1. The second kappa shape index (κ2) is 10.8. The summed E-state index contributed by atoms with van der Waals surface area (Å²) in [5.74, 6) is 1.85. The van der Waals surface area contributed by atoms with Crippen molar-refractivity contribution >= 4 is 52.1 Å². The van der Waals surface area contributed by atoms with Crippen LogP contribution in [-0.2, 0) is 4.74 Å². The maximum Gasteiger partial charge on any atom is 0.0914 e. The van der Waals surface area contributed by atoms with Gasteiger partial charge in [0.2, 0.25) is 0 Å². The molecule has 0 saturated carbocycles. The zero-order chi connectivity index (χ0) is 19.9. The molecule has 2 atom stereocenters. The van der Waals surface area contributed by atoms with Crippen LogP contribution in [0.25, 0.3) is 0 Å². The lowest BCUT2D eigenvalue weighted by molar-refractivity contribution is 0.102. The third-order valence-electron chi connectivity index (χ3n) is 5.56. The van der Waals surface area contributed by atoms with Crippen molar-refractivity contribution in [3.8, 4) is 0 Å². The molecule has 0 aromatic heterocycles. The van der Waals surface area contributed by atoms with Crippen molar-refractivity contribution in [1.82, 2.24) is 9.80 Å². The van der Waals surface area contributed by atoms with E-state index in [4.69, 9.17) is 9.73 Å². The van der Waals surface area contributed by atoms with Crippen LogP contribution in [0.1, 0.15) is 13.3 Å². The van der Waals surface area contributed by atoms with E-state index in [1.54, 1.807) is 7.11 Å². The molecule has 7 heteroatoms. The number of thioether (sulfide) groups is 1. The van der Waals surface area contributed by atoms with Gasteiger partial charge in [-0.2, -0.15) is 0 Å². The predicted molar refractivity (Wildman–Crippen MR) is 130 cm³/mol. The summed E-state index contributed by atoms with van der Waals surface area (Å²) in [4.78, 5) is 9.59. The standard InChI is InChI=1S/C21H31IN4OS/c1-16-17(12-22)14-28-21(16)24-20-7-5-4-6-19(20)23-15-26-10-9-25(2)18(13-26)8-11-27-3/h4-7,15,17-18,24H,8-14H2,1-3H3/t17-,18+/m1/s1. The Kier molecular flexibility index (Phi) is 8.50. The number of rotatable bonds is 8. The van der Waals surface area contributed by atoms with E-state index in [-0.39, 0.29) is 0 Å². The molecule has 1 aromatic rings. The van der Waals surface area contributed by atoms with Gasteiger partial charge in [-0.05, 0) is 38.1 Å². The van der Waals surface area contributed by atoms with Crippen LogP contribution >= 0.6 is 34.4 Å². The van der Waals surface area contributed by atoms with E-state index in [1.165, 1.54) is 20.8 Å². The minimum Gasteiger partial charge on any atom is -0.385 e. The number of methoxy groups -OCH3 is 1. The number of likely N-dealkylation sites (N-methyl/N-ethyl adjacent to an activating group) is 1. The number of nitrogens with one attached hydrogen (secondary N) is 1. The first-order valence-corrected chi connectivity index (χ1v) is 12.4. The minimum absolute atomic E-state index is 0.515. The molecule has 1 fully saturated rings. The van der Waals surface area contributed by atoms with Crippen molar-refractivity contribution < 1.29 is 4.74 Å². The average molecular weight is 514 g/mol. The van der Waals surface area contributed by atoms with E-state index in [1.807, 2.05) is 18.1 Å². The van der Waals surface area contributed by atoms with Crippen molar-refractivity contribution in [2.75, 3.05) is 55.9 Å². The van der Waals surface area contributed by atoms with Crippen molar-refractivity contribution in [2.45, 2.75) is 19.4 Å². The largest absolute Gasteiger partial charge is 0.385 e. The lowest BCUT2D eigenvalue weighted by Crippen LogP contribution is -2.51. The van der Waals surface area contributed by atoms with E-state index in [9.17, 15) is 0 Å². The summed E-state index contributed by atoms with van der Waals surface area (Å²) < 4.78 is 6.44. The summed E-state index contributed by atoms with van der Waals surface area (Å²) in [5.41, 5.74) is 3.55. The highest BCUT2D eigenvalue weighted by atomic mass is 127. The number of para-hydroxylation sites is 2. The third kappa shape index (κ3) is 5.64. The van der Waals surface area contributed by atoms with Crippen LogP contribution in [0.2, 0.25) is 0 Å². The SMILES string of the molecule is COCC[C@H]1CN(C=Nc2ccccc2NC2=C(C)[C@H](CI)CS2)CCN1C. The number of benzene rings is 1. The van der Waals surface area contributed by atoms with Crippen LogP contribution in [-0.4, -0.2) is 72.8 Å². The normalized spacial score (nSPS) is 23.8. The van der Waals surface area contributed by atoms with Crippen LogP contribution in [0.4, 0.5) is 11.4 Å². The molecule has 2 aliphatic heterocycles. The monoisotopic (exact) mass is 514 g/mol. The number of hydrogen-bond donors (Lipinski definition) is 1. The zero-order valence-corrected chi connectivity index (χ0v) is 20.0. The maximum absolute atomic E-state index is 5.27. The fourth-order valence-corrected chi connectivity index (χ4v) is 6.21. The number of piperazine rings is 1. The molecule has 28 heavy (non-hydrogen) atoms. The second-order valence-electron chi connectivity index (χ2n) is 7.47. The lowest BCUT2D eigenvalue weighted by Gasteiger charge is -2.38. The summed E-state index contributed by atoms with van der Waals surface area (Å²) in [6.45, 7) is 6.12. The maximum atomic E-state index is 5.27. The van der Waals surface area contributed by atoms with Crippen LogP contribution in [0, 0.1) is 5.92 Å². The molecule has 0 radical (unpaired) electrons. The fraction of sp³-hybridized carbons (Fsp3) is 0.571. The smallest absolute Gasteiger partial charge is 0.0914 e. The van der Waals surface area contributed by atoms with Crippen molar-refractivity contribution in [3.05, 3.63) is 34.9 Å². The molecule has 0 bridgehead atoms. The van der Waals surface area contributed by atoms with Gasteiger partial charge in [0.15, 0.2) is 0 Å². The molecule has 3 rings (SSSR count). The number of alkyl halides is 1. The van der Waals surface area contributed by atoms with Gasteiger partial charge < -0.3 is 15.0 Å². The minimum atomic E-state index is 0.515. The van der Waals surface area contributed by atoms with Gasteiger partial charge in [0.25, 0.3) is 0 Å². The summed E-state index contributed by atoms with van der Waals surface area (Å²) in [5, 5.41) is 4.93. The molecule has 0 aliphatic carbocycles. The second-order valence-corrected chi connectivity index (χ2v) is 9.38. The van der Waals surface area contributed by atoms with Gasteiger partial charge in [0.05, 0.1) is 22.7 Å². The molecule has 1 saturated heterocycles. The molecular weight excluding hydrogens is 483 g/mol. The van der Waals surface area contributed by atoms with Gasteiger partial charge in [0.1, 0.15) is 0 Å². The number of hydrogen-bond acceptors (Lipinski definition) is 5. The molecule has 0 spiro atoms. The topological polar surface area (TPSA) is 40.1 Å². The van der Waals surface area contributed by atoms with Gasteiger partial charge in [-0.15, -0.1) is 11.8 Å². The summed E-state index contributed by atoms with van der Waals surface area (Å²) in [6.07, 6.45) is 3.07. The number of halogens is 1.